The lowest BCUT2D eigenvalue weighted by Crippen LogP contribution is -2.53. The number of rotatable bonds is 6. The quantitative estimate of drug-likeness (QED) is 0.537. The first-order valence-corrected chi connectivity index (χ1v) is 11.6. The molecule has 1 unspecified atom stereocenters. The van der Waals surface area contributed by atoms with Crippen LogP contribution in [-0.2, 0) is 9.84 Å². The summed E-state index contributed by atoms with van der Waals surface area (Å²) in [5, 5.41) is 3.18. The molecule has 1 N–H and O–H groups in total. The Morgan fingerprint density at radius 3 is 2.38 bits per heavy atom. The van der Waals surface area contributed by atoms with Gasteiger partial charge in [-0.25, -0.2) is 8.42 Å². The highest BCUT2D eigenvalue weighted by Gasteiger charge is 2.23. The molecule has 0 radical (unpaired) electrons. The van der Waals surface area contributed by atoms with E-state index in [4.69, 9.17) is 0 Å². The van der Waals surface area contributed by atoms with Crippen LogP contribution in [0.4, 0.5) is 0 Å². The first-order chi connectivity index (χ1) is 12.4. The van der Waals surface area contributed by atoms with Crippen LogP contribution in [0.2, 0.25) is 0 Å². The molecule has 1 aromatic rings. The molecule has 1 heterocycles. The third kappa shape index (κ3) is 5.96. The third-order valence-corrected chi connectivity index (χ3v) is 7.10. The summed E-state index contributed by atoms with van der Waals surface area (Å²) in [6.07, 6.45) is 0. The number of aliphatic imine (C=N–C) groups is 1. The molecular weight excluding hydrogens is 416 g/mol. The van der Waals surface area contributed by atoms with Gasteiger partial charge >= 0.3 is 0 Å². The van der Waals surface area contributed by atoms with Gasteiger partial charge in [0.2, 0.25) is 0 Å². The molecule has 1 aliphatic rings. The lowest BCUT2D eigenvalue weighted by Gasteiger charge is -2.39. The van der Waals surface area contributed by atoms with Gasteiger partial charge in [-0.3, -0.25) is 9.89 Å². The molecule has 2 rings (SSSR count). The molecule has 0 aliphatic carbocycles. The van der Waals surface area contributed by atoms with Gasteiger partial charge in [-0.15, -0.1) is 0 Å². The van der Waals surface area contributed by atoms with Crippen molar-refractivity contribution in [3.05, 3.63) is 34.3 Å². The zero-order valence-corrected chi connectivity index (χ0v) is 18.2. The maximum absolute atomic E-state index is 11.6. The molecular formula is C18H29BrN4O2S. The summed E-state index contributed by atoms with van der Waals surface area (Å²) >= 11 is 3.48. The minimum Gasteiger partial charge on any atom is -0.355 e. The molecule has 8 heteroatoms. The highest BCUT2D eigenvalue weighted by atomic mass is 79.9. The summed E-state index contributed by atoms with van der Waals surface area (Å²) in [6, 6.07) is 8.86. The van der Waals surface area contributed by atoms with Crippen LogP contribution in [0.25, 0.3) is 0 Å². The SMILES string of the molecule is CCS(=O)(=O)CCNC(=NC)N1CCN(C(C)c2ccc(Br)cc2)CC1. The lowest BCUT2D eigenvalue weighted by molar-refractivity contribution is 0.138. The summed E-state index contributed by atoms with van der Waals surface area (Å²) in [5.74, 6) is 1.11. The molecule has 6 nitrogen and oxygen atoms in total. The van der Waals surface area contributed by atoms with Crippen molar-refractivity contribution >= 4 is 31.7 Å². The maximum atomic E-state index is 11.6. The average Bonchev–Trinajstić information content (AvgIpc) is 2.65. The normalized spacial score (nSPS) is 18.0. The maximum Gasteiger partial charge on any atom is 0.193 e. The number of nitrogens with one attached hydrogen (secondary N) is 1. The number of halogens is 1. The number of nitrogens with zero attached hydrogens (tertiary/aromatic N) is 3. The van der Waals surface area contributed by atoms with E-state index in [2.05, 4.69) is 67.2 Å². The molecule has 0 aromatic heterocycles. The molecule has 146 valence electrons. The van der Waals surface area contributed by atoms with Gasteiger partial charge in [0.15, 0.2) is 15.8 Å². The van der Waals surface area contributed by atoms with Crippen LogP contribution in [-0.4, -0.2) is 75.5 Å². The van der Waals surface area contributed by atoms with E-state index in [1.807, 2.05) is 0 Å². The van der Waals surface area contributed by atoms with Crippen LogP contribution in [0, 0.1) is 0 Å². The number of hydrogen-bond acceptors (Lipinski definition) is 4. The van der Waals surface area contributed by atoms with E-state index in [0.29, 0.717) is 12.6 Å². The molecule has 1 aliphatic heterocycles. The van der Waals surface area contributed by atoms with Gasteiger partial charge in [0, 0.05) is 56.0 Å². The van der Waals surface area contributed by atoms with E-state index in [1.165, 1.54) is 5.56 Å². The second kappa shape index (κ2) is 9.71. The summed E-state index contributed by atoms with van der Waals surface area (Å²) in [7, 11) is -1.21. The second-order valence-corrected chi connectivity index (χ2v) is 9.85. The van der Waals surface area contributed by atoms with Gasteiger partial charge in [0.05, 0.1) is 5.75 Å². The molecule has 1 fully saturated rings. The Hall–Kier alpha value is -1.12. The molecule has 1 aromatic carbocycles. The van der Waals surface area contributed by atoms with Crippen molar-refractivity contribution in [2.45, 2.75) is 19.9 Å². The fourth-order valence-corrected chi connectivity index (χ4v) is 4.03. The van der Waals surface area contributed by atoms with Gasteiger partial charge in [0.25, 0.3) is 0 Å². The number of sulfone groups is 1. The fourth-order valence-electron chi connectivity index (χ4n) is 3.07. The van der Waals surface area contributed by atoms with Gasteiger partial charge in [-0.1, -0.05) is 35.0 Å². The van der Waals surface area contributed by atoms with Gasteiger partial charge in [-0.2, -0.15) is 0 Å². The second-order valence-electron chi connectivity index (χ2n) is 6.46. The monoisotopic (exact) mass is 444 g/mol. The zero-order valence-electron chi connectivity index (χ0n) is 15.8. The highest BCUT2D eigenvalue weighted by molar-refractivity contribution is 9.10. The van der Waals surface area contributed by atoms with Crippen LogP contribution < -0.4 is 5.32 Å². The van der Waals surface area contributed by atoms with Gasteiger partial charge < -0.3 is 10.2 Å². The van der Waals surface area contributed by atoms with Crippen LogP contribution in [0.15, 0.2) is 33.7 Å². The topological polar surface area (TPSA) is 65.0 Å². The molecule has 0 amide bonds. The Morgan fingerprint density at radius 2 is 1.85 bits per heavy atom. The fraction of sp³-hybridized carbons (Fsp3) is 0.611. The van der Waals surface area contributed by atoms with Crippen LogP contribution in [0.1, 0.15) is 25.5 Å². The average molecular weight is 445 g/mol. The lowest BCUT2D eigenvalue weighted by atomic mass is 10.1. The van der Waals surface area contributed by atoms with Crippen LogP contribution in [0.3, 0.4) is 0 Å². The predicted molar refractivity (Wildman–Crippen MR) is 111 cm³/mol. The van der Waals surface area contributed by atoms with Crippen molar-refractivity contribution in [3.63, 3.8) is 0 Å². The molecule has 0 saturated carbocycles. The van der Waals surface area contributed by atoms with Crippen molar-refractivity contribution < 1.29 is 8.42 Å². The zero-order chi connectivity index (χ0) is 19.2. The Kier molecular flexibility index (Phi) is 7.91. The summed E-state index contributed by atoms with van der Waals surface area (Å²) in [5.41, 5.74) is 1.31. The van der Waals surface area contributed by atoms with Crippen LogP contribution >= 0.6 is 15.9 Å². The van der Waals surface area contributed by atoms with E-state index in [1.54, 1.807) is 14.0 Å². The predicted octanol–water partition coefficient (Wildman–Crippen LogP) is 2.14. The molecule has 1 saturated heterocycles. The smallest absolute Gasteiger partial charge is 0.193 e. The van der Waals surface area contributed by atoms with Gasteiger partial charge in [0.1, 0.15) is 0 Å². The third-order valence-electron chi connectivity index (χ3n) is 4.86. The minimum atomic E-state index is -2.96. The largest absolute Gasteiger partial charge is 0.355 e. The Balaban J connectivity index is 1.85. The van der Waals surface area contributed by atoms with E-state index < -0.39 is 9.84 Å². The molecule has 0 spiro atoms. The number of guanidine groups is 1. The standard InChI is InChI=1S/C18H29BrN4O2S/c1-4-26(24,25)14-9-21-18(20-3)23-12-10-22(11-13-23)15(2)16-5-7-17(19)8-6-16/h5-8,15H,4,9-14H2,1-3H3,(H,20,21). The summed E-state index contributed by atoms with van der Waals surface area (Å²) in [6.45, 7) is 7.97. The summed E-state index contributed by atoms with van der Waals surface area (Å²) < 4.78 is 24.3. The number of piperazine rings is 1. The first-order valence-electron chi connectivity index (χ1n) is 9.02. The van der Waals surface area contributed by atoms with Crippen molar-refractivity contribution in [1.29, 1.82) is 0 Å². The Bertz CT molecular complexity index is 698. The first kappa shape index (κ1) is 21.2. The Morgan fingerprint density at radius 1 is 1.23 bits per heavy atom. The van der Waals surface area contributed by atoms with Gasteiger partial charge in [-0.05, 0) is 24.6 Å². The number of hydrogen-bond donors (Lipinski definition) is 1. The number of benzene rings is 1. The van der Waals surface area contributed by atoms with Crippen molar-refractivity contribution in [2.24, 2.45) is 4.99 Å². The van der Waals surface area contributed by atoms with Crippen molar-refractivity contribution in [3.8, 4) is 0 Å². The minimum absolute atomic E-state index is 0.142. The van der Waals surface area contributed by atoms with Crippen LogP contribution in [0.5, 0.6) is 0 Å². The molecule has 1 atom stereocenters. The van der Waals surface area contributed by atoms with Crippen molar-refractivity contribution in [2.75, 3.05) is 51.3 Å². The summed E-state index contributed by atoms with van der Waals surface area (Å²) in [4.78, 5) is 8.97. The Labute approximate surface area is 165 Å². The van der Waals surface area contributed by atoms with E-state index in [9.17, 15) is 8.42 Å². The van der Waals surface area contributed by atoms with Crippen molar-refractivity contribution in [1.82, 2.24) is 15.1 Å². The van der Waals surface area contributed by atoms with E-state index in [-0.39, 0.29) is 11.5 Å². The van der Waals surface area contributed by atoms with E-state index in [0.717, 1.165) is 36.6 Å². The molecule has 26 heavy (non-hydrogen) atoms. The highest BCUT2D eigenvalue weighted by Crippen LogP contribution is 2.23. The van der Waals surface area contributed by atoms with E-state index >= 15 is 0 Å². The molecule has 0 bridgehead atoms.